The van der Waals surface area contributed by atoms with Gasteiger partial charge in [-0.25, -0.2) is 0 Å². The molecule has 0 aromatic heterocycles. The molecule has 0 atom stereocenters. The number of ether oxygens (including phenoxy) is 1. The number of hydrogen-bond donors (Lipinski definition) is 0. The zero-order chi connectivity index (χ0) is 76.8. The van der Waals surface area contributed by atoms with E-state index in [1.807, 2.05) is 96.1 Å². The Kier molecular flexibility index (Phi) is 12.5. The van der Waals surface area contributed by atoms with Gasteiger partial charge in [-0.05, 0) is 5.41 Å². The van der Waals surface area contributed by atoms with Gasteiger partial charge in [-0.3, -0.25) is 0 Å². The molecule has 4 aliphatic heterocycles. The van der Waals surface area contributed by atoms with Crippen molar-refractivity contribution < 1.29 is 18.4 Å². The summed E-state index contributed by atoms with van der Waals surface area (Å²) in [6.45, 7) is 29.3. The van der Waals surface area contributed by atoms with Gasteiger partial charge in [0.25, 0.3) is 0 Å². The molecule has 12 aromatic carbocycles. The van der Waals surface area contributed by atoms with Crippen molar-refractivity contribution in [3.8, 4) is 67.1 Å². The van der Waals surface area contributed by atoms with Gasteiger partial charge in [0.2, 0.25) is 0 Å². The van der Waals surface area contributed by atoms with E-state index in [9.17, 15) is 13.7 Å². The zero-order valence-electron chi connectivity index (χ0n) is 68.8. The molecule has 16 rings (SSSR count). The van der Waals surface area contributed by atoms with Crippen molar-refractivity contribution in [1.82, 2.24) is 0 Å². The SMILES string of the molecule is [2H]c1c([2H])c(C(C)(C)C)c([2H])c2c1B1c3c([2H])c([2H])c(C(C)(C)C)c([2H])c3[Se]c3c([2H])c4c(c(c31)O2)B1c2c(cc(C(C)(C)C)cc2N4c2c(-c3ccccc3)cc(C(C)(C)C)cc2-c2ccccc2)N(c2c(-c3ccccc3)cc(C(C)(C)C)cc2-c2ccccc2)c2c([2H])c(-c3ccccc3)c([2H])c([2H])c21. The van der Waals surface area contributed by atoms with Crippen molar-refractivity contribution >= 4 is 104 Å². The molecule has 0 N–H and O–H groups in total. The first-order valence-corrected chi connectivity index (χ1v) is 36.1. The fourth-order valence-electron chi connectivity index (χ4n) is 14.6. The summed E-state index contributed by atoms with van der Waals surface area (Å²) in [5, 5.41) is 0. The second-order valence-corrected chi connectivity index (χ2v) is 34.2. The van der Waals surface area contributed by atoms with Crippen molar-refractivity contribution in [3.63, 3.8) is 0 Å². The first kappa shape index (κ1) is 52.8. The summed E-state index contributed by atoms with van der Waals surface area (Å²) < 4.78 is 116. The van der Waals surface area contributed by atoms with Crippen LogP contribution in [0.1, 0.15) is 145 Å². The zero-order valence-corrected chi connectivity index (χ0v) is 60.5. The summed E-state index contributed by atoms with van der Waals surface area (Å²) >= 11 is -0.994. The van der Waals surface area contributed by atoms with Crippen LogP contribution < -0.4 is 56.2 Å². The maximum absolute atomic E-state index is 11.9. The van der Waals surface area contributed by atoms with Crippen LogP contribution in [0.2, 0.25) is 0 Å². The molecule has 482 valence electrons. The second-order valence-electron chi connectivity index (χ2n) is 32.0. The number of benzene rings is 12. The Hall–Kier alpha value is -9.31. The average molecular weight is 1350 g/mol. The topological polar surface area (TPSA) is 15.7 Å². The molecule has 3 nitrogen and oxygen atoms in total. The summed E-state index contributed by atoms with van der Waals surface area (Å²) in [6.07, 6.45) is 0. The van der Waals surface area contributed by atoms with E-state index in [0.29, 0.717) is 70.1 Å². The summed E-state index contributed by atoms with van der Waals surface area (Å²) in [7, 11) is 0. The minimum atomic E-state index is -1.20. The van der Waals surface area contributed by atoms with Gasteiger partial charge in [0.15, 0.2) is 0 Å². The first-order valence-electron chi connectivity index (χ1n) is 39.4. The summed E-state index contributed by atoms with van der Waals surface area (Å²) in [4.78, 5) is 4.54. The molecule has 98 heavy (non-hydrogen) atoms. The summed E-state index contributed by atoms with van der Waals surface area (Å²) in [6, 6.07) is 64.0. The van der Waals surface area contributed by atoms with E-state index in [1.54, 1.807) is 0 Å². The minimum absolute atomic E-state index is 0.00312. The Morgan fingerprint density at radius 2 is 0.704 bits per heavy atom. The van der Waals surface area contributed by atoms with Crippen LogP contribution in [0.5, 0.6) is 11.5 Å². The molecule has 0 radical (unpaired) electrons. The van der Waals surface area contributed by atoms with Crippen molar-refractivity contribution in [2.24, 2.45) is 0 Å². The molecular formula is C92H86B2N2OSe. The van der Waals surface area contributed by atoms with Gasteiger partial charge >= 0.3 is 538 Å². The van der Waals surface area contributed by atoms with Gasteiger partial charge in [0.1, 0.15) is 0 Å². The van der Waals surface area contributed by atoms with Crippen LogP contribution in [0.4, 0.5) is 34.1 Å². The molecule has 0 amide bonds. The average Bonchev–Trinajstić information content (AvgIpc) is 0.665. The van der Waals surface area contributed by atoms with Gasteiger partial charge in [-0.15, -0.1) is 0 Å². The maximum atomic E-state index is 11.9. The molecule has 0 saturated carbocycles. The molecule has 0 bridgehead atoms. The number of nitrogens with zero attached hydrogens (tertiary/aromatic N) is 2. The van der Waals surface area contributed by atoms with Gasteiger partial charge < -0.3 is 0 Å². The normalized spacial score (nSPS) is 15.3. The molecule has 12 aromatic rings. The quantitative estimate of drug-likeness (QED) is 0.148. The fraction of sp³-hybridized carbons (Fsp3) is 0.217. The first-order chi connectivity index (χ1) is 51.0. The van der Waals surface area contributed by atoms with Crippen LogP contribution in [0.25, 0.3) is 55.6 Å². The Labute approximate surface area is 603 Å². The van der Waals surface area contributed by atoms with Gasteiger partial charge in [-0.1, -0.05) is 63.2 Å². The third kappa shape index (κ3) is 10.7. The van der Waals surface area contributed by atoms with E-state index in [0.717, 1.165) is 72.6 Å². The second kappa shape index (κ2) is 23.2. The Morgan fingerprint density at radius 1 is 0.316 bits per heavy atom. The van der Waals surface area contributed by atoms with Crippen LogP contribution in [-0.2, 0) is 27.1 Å². The predicted octanol–water partition coefficient (Wildman–Crippen LogP) is 19.2. The van der Waals surface area contributed by atoms with Gasteiger partial charge in [0.05, 0.1) is 0 Å². The van der Waals surface area contributed by atoms with Crippen LogP contribution in [0.15, 0.2) is 248 Å². The molecule has 0 unspecified atom stereocenters. The number of hydrogen-bond acceptors (Lipinski definition) is 3. The van der Waals surface area contributed by atoms with Crippen LogP contribution >= 0.6 is 0 Å². The standard InChI is InChI=1S/C92H86B2N2OSe/c1-88(2,3)63-42-45-73-79(54-63)97-87-83-78(56-81-84(87)93(73)74-46-43-64(89(4,5)6)55-80(74)98-81)96(86-70(60-37-27-19-28-38-60)50-66(91(10,11)12)51-71(86)61-39-29-20-30-40-61)77-53-67(92(13,14)15)52-76-82(77)94(83)72-44-41-62(57-31-21-16-22-32-57)47-75(72)95(76)85-68(58-33-23-17-24-34-58)48-65(90(7,8)9)49-69(85)59-35-25-18-26-36-59/h16-56H,1-15H3/i41D,42D,43D,44D,45D,46D,47D,54D,55D,56D. The molecule has 6 heteroatoms. The Balaban J connectivity index is 1.20. The molecule has 0 saturated heterocycles. The van der Waals surface area contributed by atoms with Crippen molar-refractivity contribution in [2.45, 2.75) is 131 Å². The Morgan fingerprint density at radius 3 is 1.14 bits per heavy atom. The van der Waals surface area contributed by atoms with Crippen molar-refractivity contribution in [1.29, 1.82) is 0 Å². The Bertz CT molecular complexity index is 5640. The molecule has 0 spiro atoms. The molecule has 4 aliphatic rings. The molecule has 4 heterocycles. The van der Waals surface area contributed by atoms with E-state index in [4.69, 9.17) is 4.74 Å². The monoisotopic (exact) mass is 1350 g/mol. The fourth-order valence-corrected chi connectivity index (χ4v) is 16.9. The van der Waals surface area contributed by atoms with Crippen molar-refractivity contribution in [3.05, 3.63) is 276 Å². The van der Waals surface area contributed by atoms with Gasteiger partial charge in [-0.2, -0.15) is 0 Å². The van der Waals surface area contributed by atoms with E-state index in [-0.39, 0.29) is 93.9 Å². The van der Waals surface area contributed by atoms with E-state index < -0.39 is 50.0 Å². The third-order valence-corrected chi connectivity index (χ3v) is 22.2. The van der Waals surface area contributed by atoms with Crippen molar-refractivity contribution in [2.75, 3.05) is 9.80 Å². The van der Waals surface area contributed by atoms with Gasteiger partial charge in [0, 0.05) is 0 Å². The van der Waals surface area contributed by atoms with E-state index >= 15 is 0 Å². The van der Waals surface area contributed by atoms with Crippen LogP contribution in [-0.4, -0.2) is 28.4 Å². The van der Waals surface area contributed by atoms with E-state index in [1.165, 1.54) is 0 Å². The van der Waals surface area contributed by atoms with E-state index in [2.05, 4.69) is 206 Å². The third-order valence-electron chi connectivity index (χ3n) is 20.0. The number of fused-ring (bicyclic) bond motifs is 9. The predicted molar refractivity (Wildman–Crippen MR) is 424 cm³/mol. The molecule has 0 aliphatic carbocycles. The summed E-state index contributed by atoms with van der Waals surface area (Å²) in [5.74, 6) is 0.231. The molecular weight excluding hydrogens is 1250 g/mol. The van der Waals surface area contributed by atoms with Crippen LogP contribution in [0.3, 0.4) is 0 Å². The number of rotatable bonds is 7. The van der Waals surface area contributed by atoms with Crippen LogP contribution in [0, 0.1) is 0 Å². The molecule has 0 fully saturated rings. The number of anilines is 6. The summed E-state index contributed by atoms with van der Waals surface area (Å²) in [5.41, 5.74) is 14.6.